The highest BCUT2D eigenvalue weighted by Gasteiger charge is 2.15. The zero-order valence-corrected chi connectivity index (χ0v) is 10.4. The van der Waals surface area contributed by atoms with Crippen molar-refractivity contribution in [1.82, 2.24) is 5.32 Å². The van der Waals surface area contributed by atoms with Gasteiger partial charge < -0.3 is 15.2 Å². The smallest absolute Gasteiger partial charge is 0.122 e. The average molecular weight is 235 g/mol. The molecular weight excluding hydrogens is 214 g/mol. The predicted molar refractivity (Wildman–Crippen MR) is 68.6 cm³/mol. The maximum Gasteiger partial charge on any atom is 0.122 e. The van der Waals surface area contributed by atoms with Gasteiger partial charge in [-0.2, -0.15) is 0 Å². The van der Waals surface area contributed by atoms with E-state index in [1.165, 1.54) is 12.8 Å². The van der Waals surface area contributed by atoms with Gasteiger partial charge in [0.25, 0.3) is 0 Å². The highest BCUT2D eigenvalue weighted by atomic mass is 16.5. The first kappa shape index (κ1) is 12.2. The van der Waals surface area contributed by atoms with Gasteiger partial charge in [-0.05, 0) is 56.8 Å². The molecule has 1 fully saturated rings. The minimum absolute atomic E-state index is 0.370. The second-order valence-electron chi connectivity index (χ2n) is 4.62. The van der Waals surface area contributed by atoms with Crippen LogP contribution in [-0.2, 0) is 6.42 Å². The SMILES string of the molecule is CCOc1ccc(CC2CCNCC2)c(O)c1. The van der Waals surface area contributed by atoms with Crippen molar-refractivity contribution < 1.29 is 9.84 Å². The van der Waals surface area contributed by atoms with Crippen LogP contribution in [0.3, 0.4) is 0 Å². The molecule has 2 rings (SSSR count). The Balaban J connectivity index is 2.00. The van der Waals surface area contributed by atoms with Crippen molar-refractivity contribution >= 4 is 0 Å². The van der Waals surface area contributed by atoms with Crippen LogP contribution in [0.2, 0.25) is 0 Å². The predicted octanol–water partition coefficient (Wildman–Crippen LogP) is 2.33. The second kappa shape index (κ2) is 5.92. The molecule has 17 heavy (non-hydrogen) atoms. The summed E-state index contributed by atoms with van der Waals surface area (Å²) in [6.45, 7) is 4.78. The summed E-state index contributed by atoms with van der Waals surface area (Å²) >= 11 is 0. The van der Waals surface area contributed by atoms with E-state index in [1.54, 1.807) is 6.07 Å². The maximum atomic E-state index is 9.95. The number of rotatable bonds is 4. The number of hydrogen-bond acceptors (Lipinski definition) is 3. The molecule has 1 aromatic rings. The van der Waals surface area contributed by atoms with Crippen molar-refractivity contribution in [2.24, 2.45) is 5.92 Å². The van der Waals surface area contributed by atoms with E-state index >= 15 is 0 Å². The Morgan fingerprint density at radius 3 is 2.76 bits per heavy atom. The van der Waals surface area contributed by atoms with Crippen LogP contribution < -0.4 is 10.1 Å². The van der Waals surface area contributed by atoms with Crippen LogP contribution in [0, 0.1) is 5.92 Å². The van der Waals surface area contributed by atoms with Gasteiger partial charge in [-0.3, -0.25) is 0 Å². The highest BCUT2D eigenvalue weighted by molar-refractivity contribution is 5.39. The van der Waals surface area contributed by atoms with E-state index in [4.69, 9.17) is 4.74 Å². The normalized spacial score (nSPS) is 17.0. The molecule has 2 N–H and O–H groups in total. The number of phenols is 1. The van der Waals surface area contributed by atoms with Crippen LogP contribution in [0.1, 0.15) is 25.3 Å². The van der Waals surface area contributed by atoms with Gasteiger partial charge in [-0.1, -0.05) is 6.07 Å². The fourth-order valence-corrected chi connectivity index (χ4v) is 2.37. The molecule has 1 aliphatic rings. The summed E-state index contributed by atoms with van der Waals surface area (Å²) in [6, 6.07) is 5.65. The van der Waals surface area contributed by atoms with Gasteiger partial charge in [0.05, 0.1) is 6.61 Å². The minimum atomic E-state index is 0.370. The Bertz CT molecular complexity index is 359. The molecule has 0 spiro atoms. The van der Waals surface area contributed by atoms with Gasteiger partial charge in [0, 0.05) is 6.07 Å². The van der Waals surface area contributed by atoms with Gasteiger partial charge in [-0.15, -0.1) is 0 Å². The van der Waals surface area contributed by atoms with Crippen molar-refractivity contribution in [2.75, 3.05) is 19.7 Å². The molecule has 0 atom stereocenters. The molecular formula is C14H21NO2. The van der Waals surface area contributed by atoms with Gasteiger partial charge in [0.15, 0.2) is 0 Å². The second-order valence-corrected chi connectivity index (χ2v) is 4.62. The standard InChI is InChI=1S/C14H21NO2/c1-2-17-13-4-3-12(14(16)10-13)9-11-5-7-15-8-6-11/h3-4,10-11,15-16H,2,5-9H2,1H3. The Hall–Kier alpha value is -1.22. The molecule has 0 radical (unpaired) electrons. The molecule has 3 nitrogen and oxygen atoms in total. The van der Waals surface area contributed by atoms with Gasteiger partial charge in [-0.25, -0.2) is 0 Å². The molecule has 1 saturated heterocycles. The molecule has 94 valence electrons. The van der Waals surface area contributed by atoms with Crippen molar-refractivity contribution in [3.8, 4) is 11.5 Å². The molecule has 0 bridgehead atoms. The van der Waals surface area contributed by atoms with E-state index in [0.29, 0.717) is 18.3 Å². The Morgan fingerprint density at radius 1 is 1.35 bits per heavy atom. The quantitative estimate of drug-likeness (QED) is 0.841. The number of phenolic OH excluding ortho intramolecular Hbond substituents is 1. The summed E-state index contributed by atoms with van der Waals surface area (Å²) in [5, 5.41) is 13.3. The summed E-state index contributed by atoms with van der Waals surface area (Å²) in [5.74, 6) is 1.81. The van der Waals surface area contributed by atoms with Crippen molar-refractivity contribution in [3.05, 3.63) is 23.8 Å². The molecule has 1 aromatic carbocycles. The summed E-state index contributed by atoms with van der Waals surface area (Å²) in [5.41, 5.74) is 1.04. The number of piperidine rings is 1. The molecule has 0 unspecified atom stereocenters. The van der Waals surface area contributed by atoms with Gasteiger partial charge >= 0.3 is 0 Å². The van der Waals surface area contributed by atoms with Crippen molar-refractivity contribution in [3.63, 3.8) is 0 Å². The van der Waals surface area contributed by atoms with E-state index in [-0.39, 0.29) is 0 Å². The average Bonchev–Trinajstić information content (AvgIpc) is 2.34. The number of ether oxygens (including phenoxy) is 1. The fraction of sp³-hybridized carbons (Fsp3) is 0.571. The number of benzene rings is 1. The first-order chi connectivity index (χ1) is 8.29. The van der Waals surface area contributed by atoms with E-state index in [0.717, 1.165) is 30.8 Å². The van der Waals surface area contributed by atoms with E-state index in [9.17, 15) is 5.11 Å². The van der Waals surface area contributed by atoms with E-state index < -0.39 is 0 Å². The minimum Gasteiger partial charge on any atom is -0.508 e. The van der Waals surface area contributed by atoms with E-state index in [1.807, 2.05) is 19.1 Å². The Labute approximate surface area is 103 Å². The number of aromatic hydroxyl groups is 1. The lowest BCUT2D eigenvalue weighted by atomic mass is 9.90. The summed E-state index contributed by atoms with van der Waals surface area (Å²) < 4.78 is 5.36. The van der Waals surface area contributed by atoms with Crippen LogP contribution >= 0.6 is 0 Å². The third-order valence-electron chi connectivity index (χ3n) is 3.34. The van der Waals surface area contributed by atoms with Crippen molar-refractivity contribution in [1.29, 1.82) is 0 Å². The molecule has 1 aliphatic heterocycles. The maximum absolute atomic E-state index is 9.95. The summed E-state index contributed by atoms with van der Waals surface area (Å²) in [7, 11) is 0. The number of hydrogen-bond donors (Lipinski definition) is 2. The third kappa shape index (κ3) is 3.37. The van der Waals surface area contributed by atoms with Gasteiger partial charge in [0.1, 0.15) is 11.5 Å². The first-order valence-corrected chi connectivity index (χ1v) is 6.45. The monoisotopic (exact) mass is 235 g/mol. The molecule has 0 aromatic heterocycles. The van der Waals surface area contributed by atoms with Crippen LogP contribution in [0.15, 0.2) is 18.2 Å². The number of nitrogens with one attached hydrogen (secondary N) is 1. The largest absolute Gasteiger partial charge is 0.508 e. The topological polar surface area (TPSA) is 41.5 Å². The molecule has 3 heteroatoms. The van der Waals surface area contributed by atoms with Crippen LogP contribution in [0.4, 0.5) is 0 Å². The Kier molecular flexibility index (Phi) is 4.26. The lowest BCUT2D eigenvalue weighted by Crippen LogP contribution is -2.28. The first-order valence-electron chi connectivity index (χ1n) is 6.45. The van der Waals surface area contributed by atoms with Crippen molar-refractivity contribution in [2.45, 2.75) is 26.2 Å². The van der Waals surface area contributed by atoms with Crippen LogP contribution in [-0.4, -0.2) is 24.8 Å². The molecule has 0 saturated carbocycles. The van der Waals surface area contributed by atoms with Crippen LogP contribution in [0.25, 0.3) is 0 Å². The zero-order valence-electron chi connectivity index (χ0n) is 10.4. The van der Waals surface area contributed by atoms with Crippen LogP contribution in [0.5, 0.6) is 11.5 Å². The molecule has 0 aliphatic carbocycles. The molecule has 1 heterocycles. The summed E-state index contributed by atoms with van der Waals surface area (Å²) in [6.07, 6.45) is 3.37. The fourth-order valence-electron chi connectivity index (χ4n) is 2.37. The highest BCUT2D eigenvalue weighted by Crippen LogP contribution is 2.28. The Morgan fingerprint density at radius 2 is 2.12 bits per heavy atom. The van der Waals surface area contributed by atoms with E-state index in [2.05, 4.69) is 5.32 Å². The lowest BCUT2D eigenvalue weighted by Gasteiger charge is -2.23. The lowest BCUT2D eigenvalue weighted by molar-refractivity contribution is 0.336. The van der Waals surface area contributed by atoms with Gasteiger partial charge in [0.2, 0.25) is 0 Å². The zero-order chi connectivity index (χ0) is 12.1. The molecule has 0 amide bonds. The third-order valence-corrected chi connectivity index (χ3v) is 3.34. The summed E-state index contributed by atoms with van der Waals surface area (Å²) in [4.78, 5) is 0.